The van der Waals surface area contributed by atoms with E-state index in [9.17, 15) is 13.9 Å². The van der Waals surface area contributed by atoms with E-state index in [1.807, 2.05) is 16.5 Å². The number of benzene rings is 2. The second-order valence-corrected chi connectivity index (χ2v) is 12.8. The van der Waals surface area contributed by atoms with E-state index in [2.05, 4.69) is 16.1 Å². The Balaban J connectivity index is 1.26. The minimum absolute atomic E-state index is 0.0433. The molecule has 12 heteroatoms. The molecule has 4 atom stereocenters. The summed E-state index contributed by atoms with van der Waals surface area (Å²) < 4.78 is 43.6. The van der Waals surface area contributed by atoms with Gasteiger partial charge in [-0.3, -0.25) is 9.47 Å². The summed E-state index contributed by atoms with van der Waals surface area (Å²) in [6.07, 6.45) is 10.4. The largest absolute Gasteiger partial charge is 0.508 e. The van der Waals surface area contributed by atoms with Gasteiger partial charge in [-0.1, -0.05) is 12.0 Å². The van der Waals surface area contributed by atoms with E-state index in [4.69, 9.17) is 30.8 Å². The number of aromatic hydroxyl groups is 1. The molecule has 2 unspecified atom stereocenters. The van der Waals surface area contributed by atoms with Crippen molar-refractivity contribution < 1.29 is 23.4 Å². The van der Waals surface area contributed by atoms with Crippen molar-refractivity contribution in [3.63, 3.8) is 0 Å². The average molecular weight is 616 g/mol. The normalized spacial score (nSPS) is 25.2. The summed E-state index contributed by atoms with van der Waals surface area (Å²) in [6, 6.07) is 6.98. The van der Waals surface area contributed by atoms with Crippen molar-refractivity contribution in [1.82, 2.24) is 29.7 Å². The minimum Gasteiger partial charge on any atom is -0.508 e. The van der Waals surface area contributed by atoms with Crippen molar-refractivity contribution in [2.24, 2.45) is 0 Å². The zero-order valence-electron chi connectivity index (χ0n) is 25.0. The number of imidazole rings is 1. The summed E-state index contributed by atoms with van der Waals surface area (Å²) >= 11 is 0. The van der Waals surface area contributed by atoms with Gasteiger partial charge in [0, 0.05) is 55.3 Å². The fourth-order valence-corrected chi connectivity index (χ4v) is 7.34. The molecule has 0 spiro atoms. The molecule has 3 saturated heterocycles. The maximum atomic E-state index is 14.8. The summed E-state index contributed by atoms with van der Waals surface area (Å²) in [6.45, 7) is 2.21. The third kappa shape index (κ3) is 4.98. The molecule has 8 rings (SSSR count). The average Bonchev–Trinajstić information content (AvgIpc) is 3.63. The van der Waals surface area contributed by atoms with Gasteiger partial charge in [-0.2, -0.15) is 15.0 Å². The topological polar surface area (TPSA) is 101 Å². The summed E-state index contributed by atoms with van der Waals surface area (Å²) in [5.74, 6) is 2.77. The molecule has 0 amide bonds. The molecule has 3 aliphatic heterocycles. The first-order valence-corrected chi connectivity index (χ1v) is 15.7. The molecule has 2 aromatic heterocycles. The fourth-order valence-electron chi connectivity index (χ4n) is 7.34. The Morgan fingerprint density at radius 1 is 1.09 bits per heavy atom. The molecule has 4 fully saturated rings. The number of rotatable bonds is 7. The number of hydrogen-bond donors (Lipinski definition) is 2. The van der Waals surface area contributed by atoms with Crippen molar-refractivity contribution in [1.29, 1.82) is 0 Å². The molecular weight excluding hydrogens is 580 g/mol. The highest BCUT2D eigenvalue weighted by molar-refractivity contribution is 5.95. The number of phenolic OH excluding ortho intramolecular Hbond substituents is 1. The second-order valence-electron chi connectivity index (χ2n) is 12.8. The Bertz CT molecular complexity index is 1830. The first-order chi connectivity index (χ1) is 21.8. The number of hydrogen-bond acceptors (Lipinski definition) is 9. The molecule has 1 aliphatic carbocycles. The SMILES string of the molecule is C#Cc1c(F)ccc2cc(O)cc(Oc3nc4nc(OC[C@@H]5C[C@@H](F)CN5C)nc(N5CC6CCC(C5)N6)c4n3C3CCC3)c12. The van der Waals surface area contributed by atoms with Crippen molar-refractivity contribution in [3.8, 4) is 35.9 Å². The fraction of sp³-hybridized carbons (Fsp3) is 0.485. The molecule has 4 aliphatic rings. The van der Waals surface area contributed by atoms with Gasteiger partial charge < -0.3 is 24.8 Å². The number of nitrogens with one attached hydrogen (secondary N) is 1. The minimum atomic E-state index is -0.881. The van der Waals surface area contributed by atoms with E-state index in [1.165, 1.54) is 18.2 Å². The number of alkyl halides is 1. The van der Waals surface area contributed by atoms with Gasteiger partial charge in [0.05, 0.1) is 5.56 Å². The highest BCUT2D eigenvalue weighted by Crippen LogP contribution is 2.44. The molecular formula is C33H35F2N7O3. The molecule has 234 valence electrons. The van der Waals surface area contributed by atoms with E-state index in [-0.39, 0.29) is 47.8 Å². The highest BCUT2D eigenvalue weighted by Gasteiger charge is 2.37. The number of likely N-dealkylation sites (tertiary alicyclic amines) is 1. The quantitative estimate of drug-likeness (QED) is 0.287. The van der Waals surface area contributed by atoms with E-state index >= 15 is 0 Å². The van der Waals surface area contributed by atoms with Crippen LogP contribution < -0.4 is 19.7 Å². The lowest BCUT2D eigenvalue weighted by Crippen LogP contribution is -2.51. The van der Waals surface area contributed by atoms with Gasteiger partial charge in [0.15, 0.2) is 11.5 Å². The van der Waals surface area contributed by atoms with Crippen molar-refractivity contribution in [2.45, 2.75) is 68.9 Å². The van der Waals surface area contributed by atoms with E-state index in [1.54, 1.807) is 6.07 Å². The number of phenols is 1. The Labute approximate surface area is 259 Å². The molecule has 1 saturated carbocycles. The highest BCUT2D eigenvalue weighted by atomic mass is 19.1. The summed E-state index contributed by atoms with van der Waals surface area (Å²) in [7, 11) is 1.89. The van der Waals surface area contributed by atoms with Crippen LogP contribution in [0.2, 0.25) is 0 Å². The van der Waals surface area contributed by atoms with Gasteiger partial charge in [-0.25, -0.2) is 8.78 Å². The predicted molar refractivity (Wildman–Crippen MR) is 165 cm³/mol. The van der Waals surface area contributed by atoms with Crippen molar-refractivity contribution in [3.05, 3.63) is 35.6 Å². The Morgan fingerprint density at radius 3 is 2.58 bits per heavy atom. The molecule has 2 aromatic carbocycles. The maximum absolute atomic E-state index is 14.8. The summed E-state index contributed by atoms with van der Waals surface area (Å²) in [5.41, 5.74) is 1.21. The van der Waals surface area contributed by atoms with Crippen LogP contribution in [0.1, 0.15) is 50.1 Å². The van der Waals surface area contributed by atoms with Crippen LogP contribution in [0.4, 0.5) is 14.6 Å². The number of halogens is 2. The van der Waals surface area contributed by atoms with Gasteiger partial charge in [-0.15, -0.1) is 6.42 Å². The van der Waals surface area contributed by atoms with E-state index < -0.39 is 12.0 Å². The van der Waals surface area contributed by atoms with Crippen LogP contribution in [0.3, 0.4) is 0 Å². The van der Waals surface area contributed by atoms with Crippen molar-refractivity contribution in [2.75, 3.05) is 38.2 Å². The van der Waals surface area contributed by atoms with Crippen LogP contribution in [0.5, 0.6) is 23.5 Å². The van der Waals surface area contributed by atoms with Gasteiger partial charge in [0.1, 0.15) is 35.6 Å². The Hall–Kier alpha value is -4.21. The Kier molecular flexibility index (Phi) is 6.91. The number of terminal acetylenes is 1. The molecule has 0 radical (unpaired) electrons. The monoisotopic (exact) mass is 615 g/mol. The molecule has 2 N–H and O–H groups in total. The zero-order chi connectivity index (χ0) is 30.8. The molecule has 5 heterocycles. The van der Waals surface area contributed by atoms with Crippen LogP contribution in [0.25, 0.3) is 21.9 Å². The lowest BCUT2D eigenvalue weighted by molar-refractivity contribution is 0.188. The first kappa shape index (κ1) is 28.3. The molecule has 4 aromatic rings. The number of aromatic nitrogens is 4. The summed E-state index contributed by atoms with van der Waals surface area (Å²) in [4.78, 5) is 18.8. The van der Waals surface area contributed by atoms with Gasteiger partial charge in [0.2, 0.25) is 0 Å². The molecule has 2 bridgehead atoms. The second kappa shape index (κ2) is 11.0. The lowest BCUT2D eigenvalue weighted by atomic mass is 9.93. The maximum Gasteiger partial charge on any atom is 0.320 e. The van der Waals surface area contributed by atoms with Crippen LogP contribution in [0, 0.1) is 18.2 Å². The van der Waals surface area contributed by atoms with Crippen LogP contribution in [-0.2, 0) is 0 Å². The van der Waals surface area contributed by atoms with E-state index in [0.29, 0.717) is 41.5 Å². The van der Waals surface area contributed by atoms with Crippen molar-refractivity contribution >= 4 is 27.8 Å². The standard InChI is InChI=1S/C33H35F2N7O3/c1-3-25-26(35)10-7-18-11-24(43)13-27(28(18)25)45-33-38-30-29(42(33)22-5-4-6-22)31(41-15-20-8-9-21(16-41)36-20)39-32(37-30)44-17-23-12-19(34)14-40(23)2/h1,7,10-11,13,19-23,36,43H,4-6,8-9,12,14-17H2,2H3/t19-,20?,21?,23+/m1/s1. The first-order valence-electron chi connectivity index (χ1n) is 15.7. The van der Waals surface area contributed by atoms with Gasteiger partial charge in [0.25, 0.3) is 0 Å². The van der Waals surface area contributed by atoms with Crippen LogP contribution >= 0.6 is 0 Å². The lowest BCUT2D eigenvalue weighted by Gasteiger charge is -2.35. The summed E-state index contributed by atoms with van der Waals surface area (Å²) in [5, 5.41) is 15.2. The third-order valence-corrected chi connectivity index (χ3v) is 9.83. The van der Waals surface area contributed by atoms with Crippen LogP contribution in [0.15, 0.2) is 24.3 Å². The number of anilines is 1. The molecule has 45 heavy (non-hydrogen) atoms. The number of piperazine rings is 1. The molecule has 10 nitrogen and oxygen atoms in total. The smallest absolute Gasteiger partial charge is 0.320 e. The number of ether oxygens (including phenoxy) is 2. The third-order valence-electron chi connectivity index (χ3n) is 9.83. The zero-order valence-corrected chi connectivity index (χ0v) is 25.0. The Morgan fingerprint density at radius 2 is 1.89 bits per heavy atom. The van der Waals surface area contributed by atoms with E-state index in [0.717, 1.165) is 56.5 Å². The van der Waals surface area contributed by atoms with Gasteiger partial charge >= 0.3 is 12.0 Å². The number of nitrogens with zero attached hydrogens (tertiary/aromatic N) is 6. The number of likely N-dealkylation sites (N-methyl/N-ethyl adjacent to an activating group) is 1. The number of fused-ring (bicyclic) bond motifs is 4. The van der Waals surface area contributed by atoms with Gasteiger partial charge in [-0.05, 0) is 63.1 Å². The van der Waals surface area contributed by atoms with Crippen LogP contribution in [-0.4, -0.2) is 87.1 Å². The predicted octanol–water partition coefficient (Wildman–Crippen LogP) is 4.68.